The van der Waals surface area contributed by atoms with Crippen molar-refractivity contribution in [3.05, 3.63) is 48.0 Å². The fourth-order valence-corrected chi connectivity index (χ4v) is 1.86. The van der Waals surface area contributed by atoms with Crippen molar-refractivity contribution < 1.29 is 4.79 Å². The molecule has 0 saturated heterocycles. The van der Waals surface area contributed by atoms with Crippen LogP contribution in [0.1, 0.15) is 37.7 Å². The Morgan fingerprint density at radius 3 is 2.56 bits per heavy atom. The lowest BCUT2D eigenvalue weighted by Gasteiger charge is -2.01. The lowest BCUT2D eigenvalue weighted by Crippen LogP contribution is -2.13. The average molecular weight is 245 g/mol. The fraction of sp³-hybridized carbons (Fsp3) is 0.438. The minimum atomic E-state index is -0.0147. The zero-order chi connectivity index (χ0) is 13.1. The molecule has 1 N–H and O–H groups in total. The van der Waals surface area contributed by atoms with Crippen molar-refractivity contribution in [1.82, 2.24) is 5.32 Å². The normalized spacial score (nSPS) is 10.7. The van der Waals surface area contributed by atoms with Gasteiger partial charge in [-0.25, -0.2) is 0 Å². The largest absolute Gasteiger partial charge is 0.356 e. The van der Waals surface area contributed by atoms with E-state index in [0.717, 1.165) is 6.42 Å². The molecule has 0 fully saturated rings. The molecule has 1 aromatic rings. The molecule has 18 heavy (non-hydrogen) atoms. The van der Waals surface area contributed by atoms with Gasteiger partial charge in [-0.2, -0.15) is 0 Å². The molecule has 0 aliphatic rings. The standard InChI is InChI=1S/C16H23NO/c1-17-16(18)14-10-5-3-2-4-7-11-15-12-8-6-9-13-15/h6,8-10,12-14H,2-5,7,11H2,1H3,(H,17,18)/b14-10+. The van der Waals surface area contributed by atoms with Gasteiger partial charge in [0.05, 0.1) is 0 Å². The molecule has 0 aliphatic carbocycles. The van der Waals surface area contributed by atoms with Crippen LogP contribution in [-0.4, -0.2) is 13.0 Å². The Kier molecular flexibility index (Phi) is 7.61. The van der Waals surface area contributed by atoms with Gasteiger partial charge in [0.15, 0.2) is 0 Å². The van der Waals surface area contributed by atoms with Crippen molar-refractivity contribution in [2.45, 2.75) is 38.5 Å². The minimum absolute atomic E-state index is 0.0147. The molecule has 0 heterocycles. The van der Waals surface area contributed by atoms with Gasteiger partial charge in [-0.3, -0.25) is 4.79 Å². The molecule has 0 atom stereocenters. The molecular weight excluding hydrogens is 222 g/mol. The zero-order valence-electron chi connectivity index (χ0n) is 11.2. The number of carbonyl (C=O) groups is 1. The van der Waals surface area contributed by atoms with E-state index < -0.39 is 0 Å². The second-order valence-corrected chi connectivity index (χ2v) is 4.46. The van der Waals surface area contributed by atoms with Crippen molar-refractivity contribution in [3.8, 4) is 0 Å². The Balaban J connectivity index is 1.96. The van der Waals surface area contributed by atoms with Crippen LogP contribution in [0.5, 0.6) is 0 Å². The highest BCUT2D eigenvalue weighted by molar-refractivity contribution is 5.87. The van der Waals surface area contributed by atoms with E-state index in [1.807, 2.05) is 6.08 Å². The second-order valence-electron chi connectivity index (χ2n) is 4.46. The first-order valence-electron chi connectivity index (χ1n) is 6.75. The van der Waals surface area contributed by atoms with Crippen molar-refractivity contribution >= 4 is 5.91 Å². The van der Waals surface area contributed by atoms with Gasteiger partial charge in [0.25, 0.3) is 0 Å². The number of aryl methyl sites for hydroxylation is 1. The molecule has 2 nitrogen and oxygen atoms in total. The van der Waals surface area contributed by atoms with E-state index in [1.165, 1.54) is 37.7 Å². The van der Waals surface area contributed by atoms with Gasteiger partial charge in [-0.1, -0.05) is 49.2 Å². The first-order valence-corrected chi connectivity index (χ1v) is 6.75. The summed E-state index contributed by atoms with van der Waals surface area (Å²) in [6.07, 6.45) is 10.7. The maximum Gasteiger partial charge on any atom is 0.243 e. The molecule has 0 unspecified atom stereocenters. The van der Waals surface area contributed by atoms with E-state index in [9.17, 15) is 4.79 Å². The lowest BCUT2D eigenvalue weighted by atomic mass is 10.1. The molecule has 98 valence electrons. The van der Waals surface area contributed by atoms with Gasteiger partial charge in [0.1, 0.15) is 0 Å². The van der Waals surface area contributed by atoms with Crippen LogP contribution >= 0.6 is 0 Å². The van der Waals surface area contributed by atoms with Crippen molar-refractivity contribution in [2.24, 2.45) is 0 Å². The first kappa shape index (κ1) is 14.5. The van der Waals surface area contributed by atoms with Gasteiger partial charge in [0.2, 0.25) is 5.91 Å². The molecule has 0 spiro atoms. The number of nitrogens with one attached hydrogen (secondary N) is 1. The van der Waals surface area contributed by atoms with Crippen LogP contribution in [-0.2, 0) is 11.2 Å². The van der Waals surface area contributed by atoms with Crippen molar-refractivity contribution in [1.29, 1.82) is 0 Å². The highest BCUT2D eigenvalue weighted by Gasteiger charge is 1.93. The topological polar surface area (TPSA) is 29.1 Å². The maximum absolute atomic E-state index is 10.9. The summed E-state index contributed by atoms with van der Waals surface area (Å²) in [5, 5.41) is 2.57. The second kappa shape index (κ2) is 9.46. The number of benzene rings is 1. The lowest BCUT2D eigenvalue weighted by molar-refractivity contribution is -0.116. The Labute approximate surface area is 110 Å². The van der Waals surface area contributed by atoms with Crippen LogP contribution in [0.15, 0.2) is 42.5 Å². The zero-order valence-corrected chi connectivity index (χ0v) is 11.2. The first-order chi connectivity index (χ1) is 8.83. The number of rotatable bonds is 8. The van der Waals surface area contributed by atoms with Gasteiger partial charge >= 0.3 is 0 Å². The van der Waals surface area contributed by atoms with Crippen molar-refractivity contribution in [3.63, 3.8) is 0 Å². The summed E-state index contributed by atoms with van der Waals surface area (Å²) < 4.78 is 0. The summed E-state index contributed by atoms with van der Waals surface area (Å²) in [6.45, 7) is 0. The van der Waals surface area contributed by atoms with E-state index in [4.69, 9.17) is 0 Å². The predicted molar refractivity (Wildman–Crippen MR) is 76.4 cm³/mol. The molecule has 0 aromatic heterocycles. The maximum atomic E-state index is 10.9. The van der Waals surface area contributed by atoms with Crippen LogP contribution in [0, 0.1) is 0 Å². The number of unbranched alkanes of at least 4 members (excludes halogenated alkanes) is 4. The number of hydrogen-bond acceptors (Lipinski definition) is 1. The molecular formula is C16H23NO. The fourth-order valence-electron chi connectivity index (χ4n) is 1.86. The van der Waals surface area contributed by atoms with Crippen LogP contribution in [0.3, 0.4) is 0 Å². The number of hydrogen-bond donors (Lipinski definition) is 1. The molecule has 2 heteroatoms. The van der Waals surface area contributed by atoms with Crippen LogP contribution in [0.4, 0.5) is 0 Å². The summed E-state index contributed by atoms with van der Waals surface area (Å²) in [6, 6.07) is 10.6. The van der Waals surface area contributed by atoms with E-state index in [2.05, 4.69) is 35.6 Å². The number of amides is 1. The van der Waals surface area contributed by atoms with Crippen LogP contribution < -0.4 is 5.32 Å². The molecule has 0 aliphatic heterocycles. The van der Waals surface area contributed by atoms with Crippen LogP contribution in [0.25, 0.3) is 0 Å². The minimum Gasteiger partial charge on any atom is -0.356 e. The summed E-state index contributed by atoms with van der Waals surface area (Å²) in [7, 11) is 1.65. The Morgan fingerprint density at radius 1 is 1.11 bits per heavy atom. The SMILES string of the molecule is CNC(=O)/C=C/CCCCCCc1ccccc1. The smallest absolute Gasteiger partial charge is 0.243 e. The summed E-state index contributed by atoms with van der Waals surface area (Å²) in [4.78, 5) is 10.9. The van der Waals surface area contributed by atoms with Crippen LogP contribution in [0.2, 0.25) is 0 Å². The van der Waals surface area contributed by atoms with Gasteiger partial charge in [-0.15, -0.1) is 0 Å². The van der Waals surface area contributed by atoms with Gasteiger partial charge in [-0.05, 0) is 37.3 Å². The summed E-state index contributed by atoms with van der Waals surface area (Å²) in [5.41, 5.74) is 1.43. The molecule has 1 aromatic carbocycles. The quantitative estimate of drug-likeness (QED) is 0.551. The number of allylic oxidation sites excluding steroid dienone is 1. The molecule has 0 bridgehead atoms. The Hall–Kier alpha value is -1.57. The summed E-state index contributed by atoms with van der Waals surface area (Å²) >= 11 is 0. The van der Waals surface area contributed by atoms with Crippen molar-refractivity contribution in [2.75, 3.05) is 7.05 Å². The van der Waals surface area contributed by atoms with Gasteiger partial charge < -0.3 is 5.32 Å². The molecule has 1 amide bonds. The molecule has 0 saturated carbocycles. The average Bonchev–Trinajstić information content (AvgIpc) is 2.42. The van der Waals surface area contributed by atoms with Gasteiger partial charge in [0, 0.05) is 7.05 Å². The molecule has 0 radical (unpaired) electrons. The monoisotopic (exact) mass is 245 g/mol. The van der Waals surface area contributed by atoms with E-state index >= 15 is 0 Å². The summed E-state index contributed by atoms with van der Waals surface area (Å²) in [5.74, 6) is -0.0147. The van der Waals surface area contributed by atoms with E-state index in [0.29, 0.717) is 0 Å². The number of carbonyl (C=O) groups excluding carboxylic acids is 1. The third kappa shape index (κ3) is 6.89. The molecule has 1 rings (SSSR count). The highest BCUT2D eigenvalue weighted by Crippen LogP contribution is 2.08. The third-order valence-electron chi connectivity index (χ3n) is 2.94. The van der Waals surface area contributed by atoms with E-state index in [-0.39, 0.29) is 5.91 Å². The highest BCUT2D eigenvalue weighted by atomic mass is 16.1. The third-order valence-corrected chi connectivity index (χ3v) is 2.94. The van der Waals surface area contributed by atoms with E-state index in [1.54, 1.807) is 13.1 Å². The Bertz CT molecular complexity index is 357. The Morgan fingerprint density at radius 2 is 1.83 bits per heavy atom. The predicted octanol–water partition coefficient (Wildman–Crippen LogP) is 3.48. The number of likely N-dealkylation sites (N-methyl/N-ethyl adjacent to an activating group) is 1.